The number of rotatable bonds is 5. The molecule has 1 aliphatic carbocycles. The van der Waals surface area contributed by atoms with Gasteiger partial charge in [0, 0.05) is 17.8 Å². The average molecular weight is 337 g/mol. The summed E-state index contributed by atoms with van der Waals surface area (Å²) in [5.74, 6) is 0.557. The van der Waals surface area contributed by atoms with Crippen LogP contribution in [-0.4, -0.2) is 36.5 Å². The number of amides is 2. The fourth-order valence-electron chi connectivity index (χ4n) is 3.00. The van der Waals surface area contributed by atoms with Gasteiger partial charge in [0.15, 0.2) is 0 Å². The van der Waals surface area contributed by atoms with E-state index in [0.717, 1.165) is 41.1 Å². The van der Waals surface area contributed by atoms with Crippen LogP contribution in [0.5, 0.6) is 5.75 Å². The van der Waals surface area contributed by atoms with Crippen molar-refractivity contribution in [1.29, 1.82) is 0 Å². The van der Waals surface area contributed by atoms with Crippen molar-refractivity contribution in [1.82, 2.24) is 10.3 Å². The number of nitrogens with zero attached hydrogens (tertiary/aromatic N) is 2. The lowest BCUT2D eigenvalue weighted by Gasteiger charge is -2.17. The van der Waals surface area contributed by atoms with E-state index < -0.39 is 0 Å². The third-order valence-electron chi connectivity index (χ3n) is 4.51. The minimum Gasteiger partial charge on any atom is -0.497 e. The number of hydrogen-bond donors (Lipinski definition) is 1. The largest absolute Gasteiger partial charge is 0.497 e. The Morgan fingerprint density at radius 2 is 2.16 bits per heavy atom. The molecule has 25 heavy (non-hydrogen) atoms. The number of methoxy groups -OCH3 is 1. The molecule has 0 atom stereocenters. The van der Waals surface area contributed by atoms with Gasteiger partial charge in [-0.2, -0.15) is 0 Å². The summed E-state index contributed by atoms with van der Waals surface area (Å²) in [7, 11) is 1.62. The fourth-order valence-corrected chi connectivity index (χ4v) is 3.00. The summed E-state index contributed by atoms with van der Waals surface area (Å²) in [6.45, 7) is 0.0472. The van der Waals surface area contributed by atoms with Gasteiger partial charge in [-0.25, -0.2) is 0 Å². The zero-order valence-electron chi connectivity index (χ0n) is 14.0. The van der Waals surface area contributed by atoms with Crippen molar-refractivity contribution in [2.24, 2.45) is 0 Å². The van der Waals surface area contributed by atoms with Crippen molar-refractivity contribution in [3.05, 3.63) is 42.2 Å². The normalized spacial score (nSPS) is 15.9. The number of anilines is 1. The van der Waals surface area contributed by atoms with E-state index in [4.69, 9.17) is 4.74 Å². The van der Waals surface area contributed by atoms with Gasteiger partial charge >= 0.3 is 0 Å². The number of carbonyl (C=O) groups excluding carboxylic acids is 2. The molecule has 2 heterocycles. The van der Waals surface area contributed by atoms with Crippen LogP contribution in [0.3, 0.4) is 0 Å². The Labute approximate surface area is 145 Å². The van der Waals surface area contributed by atoms with E-state index in [1.165, 1.54) is 4.90 Å². The molecule has 4 rings (SSSR count). The molecule has 6 nitrogen and oxygen atoms in total. The quantitative estimate of drug-likeness (QED) is 0.905. The zero-order valence-corrected chi connectivity index (χ0v) is 14.0. The van der Waals surface area contributed by atoms with E-state index in [2.05, 4.69) is 10.3 Å². The number of nitrogens with one attached hydrogen (secondary N) is 1. The van der Waals surface area contributed by atoms with Crippen LogP contribution in [0.4, 0.5) is 5.69 Å². The second-order valence-electron chi connectivity index (χ2n) is 6.42. The summed E-state index contributed by atoms with van der Waals surface area (Å²) in [5, 5.41) is 2.92. The first-order valence-electron chi connectivity index (χ1n) is 8.37. The van der Waals surface area contributed by atoms with Gasteiger partial charge in [0.25, 0.3) is 0 Å². The highest BCUT2D eigenvalue weighted by Crippen LogP contribution is 2.32. The Bertz CT molecular complexity index is 846. The standard InChI is InChI=1S/C19H19N3O3/c1-25-15-4-2-3-12(7-15)13-8-17-16(20-10-13)9-19(24)22(17)11-18(23)21-14-5-6-14/h2-4,7-8,10,14H,5-6,9,11H2,1H3,(H,21,23). The summed E-state index contributed by atoms with van der Waals surface area (Å²) in [5.41, 5.74) is 3.28. The second kappa shape index (κ2) is 6.20. The Balaban J connectivity index is 1.61. The number of pyridine rings is 1. The summed E-state index contributed by atoms with van der Waals surface area (Å²) < 4.78 is 5.26. The van der Waals surface area contributed by atoms with Gasteiger partial charge in [0.05, 0.1) is 24.9 Å². The maximum absolute atomic E-state index is 12.3. The molecule has 6 heteroatoms. The Morgan fingerprint density at radius 1 is 1.32 bits per heavy atom. The maximum atomic E-state index is 12.3. The first-order valence-corrected chi connectivity index (χ1v) is 8.37. The highest BCUT2D eigenvalue weighted by atomic mass is 16.5. The Morgan fingerprint density at radius 3 is 2.92 bits per heavy atom. The molecule has 0 bridgehead atoms. The molecule has 1 aliphatic heterocycles. The van der Waals surface area contributed by atoms with Gasteiger partial charge in [-0.1, -0.05) is 12.1 Å². The molecule has 0 unspecified atom stereocenters. The van der Waals surface area contributed by atoms with Crippen molar-refractivity contribution in [3.63, 3.8) is 0 Å². The molecule has 0 spiro atoms. The first-order chi connectivity index (χ1) is 12.1. The second-order valence-corrected chi connectivity index (χ2v) is 6.42. The molecular formula is C19H19N3O3. The van der Waals surface area contributed by atoms with Crippen LogP contribution in [0.25, 0.3) is 11.1 Å². The van der Waals surface area contributed by atoms with Crippen LogP contribution in [-0.2, 0) is 16.0 Å². The van der Waals surface area contributed by atoms with Gasteiger partial charge in [-0.3, -0.25) is 14.6 Å². The van der Waals surface area contributed by atoms with Gasteiger partial charge in [-0.15, -0.1) is 0 Å². The molecule has 0 saturated heterocycles. The lowest BCUT2D eigenvalue weighted by molar-refractivity contribution is -0.123. The van der Waals surface area contributed by atoms with E-state index in [-0.39, 0.29) is 30.8 Å². The number of carbonyl (C=O) groups is 2. The summed E-state index contributed by atoms with van der Waals surface area (Å²) in [6, 6.07) is 9.88. The van der Waals surface area contributed by atoms with E-state index in [0.29, 0.717) is 0 Å². The van der Waals surface area contributed by atoms with Crippen LogP contribution in [0.2, 0.25) is 0 Å². The third kappa shape index (κ3) is 3.20. The van der Waals surface area contributed by atoms with E-state index >= 15 is 0 Å². The summed E-state index contributed by atoms with van der Waals surface area (Å²) in [4.78, 5) is 30.4. The lowest BCUT2D eigenvalue weighted by atomic mass is 10.1. The molecular weight excluding hydrogens is 318 g/mol. The van der Waals surface area contributed by atoms with E-state index in [1.54, 1.807) is 13.3 Å². The van der Waals surface area contributed by atoms with Gasteiger partial charge in [0.1, 0.15) is 12.3 Å². The number of hydrogen-bond acceptors (Lipinski definition) is 4. The number of fused-ring (bicyclic) bond motifs is 1. The van der Waals surface area contributed by atoms with Gasteiger partial charge in [-0.05, 0) is 36.6 Å². The fraction of sp³-hybridized carbons (Fsp3) is 0.316. The van der Waals surface area contributed by atoms with Crippen molar-refractivity contribution < 1.29 is 14.3 Å². The van der Waals surface area contributed by atoms with Crippen molar-refractivity contribution in [2.75, 3.05) is 18.6 Å². The first kappa shape index (κ1) is 15.6. The smallest absolute Gasteiger partial charge is 0.240 e. The number of benzene rings is 1. The zero-order chi connectivity index (χ0) is 17.4. The monoisotopic (exact) mass is 337 g/mol. The minimum atomic E-state index is -0.115. The average Bonchev–Trinajstić information content (AvgIpc) is 3.38. The number of aromatic nitrogens is 1. The molecule has 128 valence electrons. The van der Waals surface area contributed by atoms with Crippen LogP contribution >= 0.6 is 0 Å². The molecule has 1 aromatic heterocycles. The van der Waals surface area contributed by atoms with Crippen LogP contribution < -0.4 is 15.0 Å². The topological polar surface area (TPSA) is 71.5 Å². The molecule has 2 aliphatic rings. The lowest BCUT2D eigenvalue weighted by Crippen LogP contribution is -2.39. The van der Waals surface area contributed by atoms with Crippen molar-refractivity contribution in [2.45, 2.75) is 25.3 Å². The minimum absolute atomic E-state index is 0.0472. The highest BCUT2D eigenvalue weighted by Gasteiger charge is 2.32. The predicted octanol–water partition coefficient (Wildman–Crippen LogP) is 1.92. The van der Waals surface area contributed by atoms with Crippen LogP contribution in [0.15, 0.2) is 36.5 Å². The molecule has 2 aromatic rings. The molecule has 1 aromatic carbocycles. The van der Waals surface area contributed by atoms with Crippen LogP contribution in [0, 0.1) is 0 Å². The Hall–Kier alpha value is -2.89. The molecule has 1 N–H and O–H groups in total. The summed E-state index contributed by atoms with van der Waals surface area (Å²) in [6.07, 6.45) is 4.05. The molecule has 0 radical (unpaired) electrons. The molecule has 1 saturated carbocycles. The van der Waals surface area contributed by atoms with Gasteiger partial charge in [0.2, 0.25) is 11.8 Å². The van der Waals surface area contributed by atoms with Gasteiger partial charge < -0.3 is 15.0 Å². The Kier molecular flexibility index (Phi) is 3.87. The maximum Gasteiger partial charge on any atom is 0.240 e. The highest BCUT2D eigenvalue weighted by molar-refractivity contribution is 6.05. The van der Waals surface area contributed by atoms with Crippen molar-refractivity contribution >= 4 is 17.5 Å². The van der Waals surface area contributed by atoms with Crippen LogP contribution in [0.1, 0.15) is 18.5 Å². The number of ether oxygens (including phenoxy) is 1. The summed E-state index contributed by atoms with van der Waals surface area (Å²) >= 11 is 0. The van der Waals surface area contributed by atoms with Crippen molar-refractivity contribution in [3.8, 4) is 16.9 Å². The predicted molar refractivity (Wildman–Crippen MR) is 93.4 cm³/mol. The SMILES string of the molecule is COc1cccc(-c2cnc3c(c2)N(CC(=O)NC2CC2)C(=O)C3)c1. The molecule has 2 amide bonds. The third-order valence-corrected chi connectivity index (χ3v) is 4.51. The molecule has 1 fully saturated rings. The van der Waals surface area contributed by atoms with E-state index in [1.807, 2.05) is 30.3 Å². The van der Waals surface area contributed by atoms with E-state index in [9.17, 15) is 9.59 Å².